The summed E-state index contributed by atoms with van der Waals surface area (Å²) in [5.74, 6) is -0.527. The van der Waals surface area contributed by atoms with Crippen LogP contribution < -0.4 is 22.1 Å². The van der Waals surface area contributed by atoms with Crippen molar-refractivity contribution in [2.45, 2.75) is 31.3 Å². The number of likely N-dealkylation sites (tertiary alicyclic amines) is 1. The number of hydrogen-bond acceptors (Lipinski definition) is 7. The molecule has 1 saturated heterocycles. The molecule has 0 spiro atoms. The van der Waals surface area contributed by atoms with Crippen molar-refractivity contribution in [3.8, 4) is 17.3 Å². The molecule has 2 heterocycles. The number of benzene rings is 2. The monoisotopic (exact) mass is 529 g/mol. The average Bonchev–Trinajstić information content (AvgIpc) is 3.43. The molecule has 1 aliphatic rings. The van der Waals surface area contributed by atoms with Crippen molar-refractivity contribution < 1.29 is 14.0 Å². The van der Waals surface area contributed by atoms with Crippen molar-refractivity contribution >= 4 is 17.6 Å². The Balaban J connectivity index is 1.53. The first-order chi connectivity index (χ1) is 18.9. The summed E-state index contributed by atoms with van der Waals surface area (Å²) < 4.78 is 13.6. The minimum Gasteiger partial charge on any atom is -0.369 e. The summed E-state index contributed by atoms with van der Waals surface area (Å²) in [6.07, 6.45) is 2.09. The zero-order chi connectivity index (χ0) is 27.8. The molecule has 202 valence electrons. The van der Waals surface area contributed by atoms with Gasteiger partial charge in [0.15, 0.2) is 0 Å². The Bertz CT molecular complexity index is 1370. The first-order valence-corrected chi connectivity index (χ1v) is 12.9. The molecule has 0 radical (unpaired) electrons. The molecular formula is C29H32FN7O2. The SMILES string of the molecule is N#Cc1ccccc1-c1ccc(C(=O)NC[C@H]2CCCN2C(=O)[C@@H](N)CN)c(NCCc2cccc(F)c2)n1. The standard InChI is InChI=1S/C29H32FN7O2/c30-21-7-3-5-19(15-21)12-13-34-27-24(10-11-26(36-27)23-9-2-1-6-20(23)16-31)28(38)35-18-22-8-4-14-37(22)29(39)25(33)17-32/h1-3,5-7,9-11,15,22,25H,4,8,12-14,17-18,32-33H2,(H,34,36)(H,35,38)/t22-,25+/m1/s1. The van der Waals surface area contributed by atoms with Gasteiger partial charge in [0.1, 0.15) is 11.6 Å². The van der Waals surface area contributed by atoms with Crippen LogP contribution in [-0.2, 0) is 11.2 Å². The fraction of sp³-hybridized carbons (Fsp3) is 0.310. The van der Waals surface area contributed by atoms with Gasteiger partial charge >= 0.3 is 0 Å². The fourth-order valence-electron chi connectivity index (χ4n) is 4.71. The van der Waals surface area contributed by atoms with E-state index in [1.165, 1.54) is 12.1 Å². The Morgan fingerprint density at radius 1 is 1.18 bits per heavy atom. The van der Waals surface area contributed by atoms with Crippen molar-refractivity contribution in [2.75, 3.05) is 31.5 Å². The third kappa shape index (κ3) is 6.76. The predicted octanol–water partition coefficient (Wildman–Crippen LogP) is 2.42. The Kier molecular flexibility index (Phi) is 9.20. The molecule has 3 aromatic rings. The van der Waals surface area contributed by atoms with Crippen LogP contribution in [0.25, 0.3) is 11.3 Å². The van der Waals surface area contributed by atoms with E-state index in [1.54, 1.807) is 41.3 Å². The highest BCUT2D eigenvalue weighted by Crippen LogP contribution is 2.25. The second-order valence-corrected chi connectivity index (χ2v) is 9.44. The van der Waals surface area contributed by atoms with Crippen molar-refractivity contribution in [3.05, 3.63) is 83.2 Å². The maximum atomic E-state index is 13.6. The highest BCUT2D eigenvalue weighted by atomic mass is 19.1. The molecule has 39 heavy (non-hydrogen) atoms. The minimum atomic E-state index is -0.761. The molecule has 6 N–H and O–H groups in total. The third-order valence-electron chi connectivity index (χ3n) is 6.79. The maximum Gasteiger partial charge on any atom is 0.255 e. The zero-order valence-electron chi connectivity index (χ0n) is 21.6. The molecule has 1 aromatic heterocycles. The van der Waals surface area contributed by atoms with Crippen LogP contribution in [-0.4, -0.2) is 60.0 Å². The molecule has 2 atom stereocenters. The quantitative estimate of drug-likeness (QED) is 0.315. The lowest BCUT2D eigenvalue weighted by atomic mass is 10.0. The first kappa shape index (κ1) is 27.7. The normalized spacial score (nSPS) is 15.4. The van der Waals surface area contributed by atoms with Crippen LogP contribution in [0.4, 0.5) is 10.2 Å². The highest BCUT2D eigenvalue weighted by molar-refractivity contribution is 5.99. The molecule has 2 aromatic carbocycles. The summed E-state index contributed by atoms with van der Waals surface area (Å²) in [6, 6.07) is 18.1. The Morgan fingerprint density at radius 2 is 2.00 bits per heavy atom. The van der Waals surface area contributed by atoms with Crippen molar-refractivity contribution in [1.82, 2.24) is 15.2 Å². The minimum absolute atomic E-state index is 0.0615. The number of amides is 2. The lowest BCUT2D eigenvalue weighted by molar-refractivity contribution is -0.133. The molecular weight excluding hydrogens is 497 g/mol. The fourth-order valence-corrected chi connectivity index (χ4v) is 4.71. The van der Waals surface area contributed by atoms with Gasteiger partial charge in [-0.05, 0) is 55.2 Å². The molecule has 0 bridgehead atoms. The number of aromatic nitrogens is 1. The molecule has 1 aliphatic heterocycles. The van der Waals surface area contributed by atoms with E-state index in [9.17, 15) is 19.2 Å². The van der Waals surface area contributed by atoms with Crippen molar-refractivity contribution in [2.24, 2.45) is 11.5 Å². The molecule has 9 nitrogen and oxygen atoms in total. The number of hydrogen-bond donors (Lipinski definition) is 4. The number of nitrogens with zero attached hydrogens (tertiary/aromatic N) is 3. The van der Waals surface area contributed by atoms with E-state index < -0.39 is 6.04 Å². The van der Waals surface area contributed by atoms with Gasteiger partial charge in [0.05, 0.1) is 28.9 Å². The number of rotatable bonds is 10. The second kappa shape index (κ2) is 13.0. The van der Waals surface area contributed by atoms with E-state index in [1.807, 2.05) is 12.1 Å². The van der Waals surface area contributed by atoms with E-state index >= 15 is 0 Å². The van der Waals surface area contributed by atoms with Gasteiger partial charge in [0, 0.05) is 37.8 Å². The highest BCUT2D eigenvalue weighted by Gasteiger charge is 2.31. The molecule has 0 aliphatic carbocycles. The number of nitrogens with two attached hydrogens (primary N) is 2. The largest absolute Gasteiger partial charge is 0.369 e. The van der Waals surface area contributed by atoms with Crippen molar-refractivity contribution in [3.63, 3.8) is 0 Å². The maximum absolute atomic E-state index is 13.6. The molecule has 2 amide bonds. The number of anilines is 1. The lowest BCUT2D eigenvalue weighted by Crippen LogP contribution is -2.51. The summed E-state index contributed by atoms with van der Waals surface area (Å²) >= 11 is 0. The van der Waals surface area contributed by atoms with Crippen LogP contribution >= 0.6 is 0 Å². The Hall–Kier alpha value is -4.33. The van der Waals surface area contributed by atoms with Gasteiger partial charge in [-0.2, -0.15) is 5.26 Å². The van der Waals surface area contributed by atoms with Crippen LogP contribution in [0.2, 0.25) is 0 Å². The van der Waals surface area contributed by atoms with Gasteiger partial charge in [-0.25, -0.2) is 9.37 Å². The van der Waals surface area contributed by atoms with Crippen LogP contribution in [0.15, 0.2) is 60.7 Å². The zero-order valence-corrected chi connectivity index (χ0v) is 21.6. The van der Waals surface area contributed by atoms with E-state index in [2.05, 4.69) is 21.7 Å². The van der Waals surface area contributed by atoms with Gasteiger partial charge in [0.25, 0.3) is 5.91 Å². The van der Waals surface area contributed by atoms with E-state index in [-0.39, 0.29) is 36.8 Å². The Morgan fingerprint density at radius 3 is 2.77 bits per heavy atom. The number of carbonyl (C=O) groups excluding carboxylic acids is 2. The summed E-state index contributed by atoms with van der Waals surface area (Å²) in [7, 11) is 0. The molecule has 0 saturated carbocycles. The number of carbonyl (C=O) groups is 2. The average molecular weight is 530 g/mol. The van der Waals surface area contributed by atoms with E-state index in [4.69, 9.17) is 11.5 Å². The van der Waals surface area contributed by atoms with Crippen LogP contribution in [0.5, 0.6) is 0 Å². The van der Waals surface area contributed by atoms with Gasteiger partial charge in [-0.3, -0.25) is 9.59 Å². The molecule has 1 fully saturated rings. The van der Waals surface area contributed by atoms with Crippen molar-refractivity contribution in [1.29, 1.82) is 5.26 Å². The van der Waals surface area contributed by atoms with Gasteiger partial charge < -0.3 is 27.0 Å². The topological polar surface area (TPSA) is 150 Å². The summed E-state index contributed by atoms with van der Waals surface area (Å²) in [5.41, 5.74) is 14.2. The van der Waals surface area contributed by atoms with Crippen LogP contribution in [0.1, 0.15) is 34.3 Å². The second-order valence-electron chi connectivity index (χ2n) is 9.44. The van der Waals surface area contributed by atoms with E-state index in [0.29, 0.717) is 47.7 Å². The smallest absolute Gasteiger partial charge is 0.255 e. The number of nitrogens with one attached hydrogen (secondary N) is 2. The predicted molar refractivity (Wildman–Crippen MR) is 147 cm³/mol. The summed E-state index contributed by atoms with van der Waals surface area (Å²) in [6.45, 7) is 1.31. The third-order valence-corrected chi connectivity index (χ3v) is 6.79. The first-order valence-electron chi connectivity index (χ1n) is 12.9. The number of halogens is 1. The number of pyridine rings is 1. The van der Waals surface area contributed by atoms with Crippen LogP contribution in [0.3, 0.4) is 0 Å². The van der Waals surface area contributed by atoms with Crippen LogP contribution in [0, 0.1) is 17.1 Å². The summed E-state index contributed by atoms with van der Waals surface area (Å²) in [5, 5.41) is 15.7. The van der Waals surface area contributed by atoms with Gasteiger partial charge in [-0.1, -0.05) is 30.3 Å². The number of nitriles is 1. The molecule has 10 heteroatoms. The molecule has 4 rings (SSSR count). The van der Waals surface area contributed by atoms with E-state index in [0.717, 1.165) is 18.4 Å². The Labute approximate surface area is 227 Å². The van der Waals surface area contributed by atoms with Gasteiger partial charge in [-0.15, -0.1) is 0 Å². The van der Waals surface area contributed by atoms with Gasteiger partial charge in [0.2, 0.25) is 5.91 Å². The molecule has 0 unspecified atom stereocenters. The summed E-state index contributed by atoms with van der Waals surface area (Å²) in [4.78, 5) is 32.3. The lowest BCUT2D eigenvalue weighted by Gasteiger charge is -2.27.